The van der Waals surface area contributed by atoms with Crippen LogP contribution in [0.2, 0.25) is 0 Å². The van der Waals surface area contributed by atoms with Gasteiger partial charge < -0.3 is 9.84 Å². The molecule has 0 aliphatic carbocycles. The van der Waals surface area contributed by atoms with Gasteiger partial charge in [0.15, 0.2) is 0 Å². The first kappa shape index (κ1) is 12.5. The fourth-order valence-electron chi connectivity index (χ4n) is 2.52. The molecule has 2 rings (SSSR count). The number of ether oxygens (including phenoxy) is 1. The van der Waals surface area contributed by atoms with Gasteiger partial charge in [-0.05, 0) is 12.5 Å². The van der Waals surface area contributed by atoms with Crippen LogP contribution in [0.25, 0.3) is 0 Å². The first-order chi connectivity index (χ1) is 8.15. The van der Waals surface area contributed by atoms with Crippen molar-refractivity contribution < 1.29 is 14.2 Å². The van der Waals surface area contributed by atoms with Crippen LogP contribution in [0.15, 0.2) is 24.3 Å². The minimum absolute atomic E-state index is 0.0401. The van der Waals surface area contributed by atoms with Gasteiger partial charge in [0.1, 0.15) is 5.82 Å². The van der Waals surface area contributed by atoms with Crippen LogP contribution >= 0.6 is 0 Å². The first-order valence-electron chi connectivity index (χ1n) is 6.25. The van der Waals surface area contributed by atoms with Crippen molar-refractivity contribution in [3.63, 3.8) is 0 Å². The molecule has 17 heavy (non-hydrogen) atoms. The number of hydrogen-bond donors (Lipinski definition) is 1. The molecular weight excluding hydrogens is 219 g/mol. The van der Waals surface area contributed by atoms with Gasteiger partial charge >= 0.3 is 0 Å². The van der Waals surface area contributed by atoms with Crippen molar-refractivity contribution in [3.05, 3.63) is 35.6 Å². The normalized spacial score (nSPS) is 29.2. The zero-order valence-electron chi connectivity index (χ0n) is 10.2. The average Bonchev–Trinajstić information content (AvgIpc) is 2.30. The Balaban J connectivity index is 2.20. The van der Waals surface area contributed by atoms with Crippen LogP contribution in [0.4, 0.5) is 4.39 Å². The van der Waals surface area contributed by atoms with Gasteiger partial charge in [0.2, 0.25) is 0 Å². The second-order valence-corrected chi connectivity index (χ2v) is 4.75. The van der Waals surface area contributed by atoms with E-state index in [0.717, 1.165) is 12.8 Å². The molecule has 94 valence electrons. The molecule has 0 bridgehead atoms. The number of halogens is 1. The Bertz CT molecular complexity index is 378. The van der Waals surface area contributed by atoms with Crippen LogP contribution in [-0.2, 0) is 10.3 Å². The summed E-state index contributed by atoms with van der Waals surface area (Å²) in [5, 5.41) is 10.6. The summed E-state index contributed by atoms with van der Waals surface area (Å²) in [7, 11) is 0. The lowest BCUT2D eigenvalue weighted by molar-refractivity contribution is -0.111. The van der Waals surface area contributed by atoms with Crippen LogP contribution in [0.3, 0.4) is 0 Å². The SMILES string of the molecule is CCCC1CC(O)(c2ccccc2F)CCO1. The molecule has 0 amide bonds. The molecule has 1 aromatic rings. The Hall–Kier alpha value is -0.930. The predicted molar refractivity (Wildman–Crippen MR) is 64.2 cm³/mol. The third-order valence-electron chi connectivity index (χ3n) is 3.42. The zero-order valence-corrected chi connectivity index (χ0v) is 10.2. The lowest BCUT2D eigenvalue weighted by Crippen LogP contribution is -2.39. The lowest BCUT2D eigenvalue weighted by Gasteiger charge is -2.37. The van der Waals surface area contributed by atoms with E-state index < -0.39 is 5.60 Å². The van der Waals surface area contributed by atoms with Crippen molar-refractivity contribution in [1.29, 1.82) is 0 Å². The van der Waals surface area contributed by atoms with E-state index in [0.29, 0.717) is 25.0 Å². The molecule has 1 aromatic carbocycles. The van der Waals surface area contributed by atoms with Gasteiger partial charge in [-0.1, -0.05) is 31.5 Å². The molecular formula is C14H19FO2. The van der Waals surface area contributed by atoms with Crippen molar-refractivity contribution in [1.82, 2.24) is 0 Å². The predicted octanol–water partition coefficient (Wildman–Crippen LogP) is 2.99. The lowest BCUT2D eigenvalue weighted by atomic mass is 9.82. The highest BCUT2D eigenvalue weighted by Gasteiger charge is 2.37. The molecule has 2 nitrogen and oxygen atoms in total. The number of aliphatic hydroxyl groups is 1. The van der Waals surface area contributed by atoms with Crippen LogP contribution in [0, 0.1) is 5.82 Å². The fraction of sp³-hybridized carbons (Fsp3) is 0.571. The summed E-state index contributed by atoms with van der Waals surface area (Å²) in [6.07, 6.45) is 2.92. The van der Waals surface area contributed by atoms with E-state index in [4.69, 9.17) is 4.74 Å². The monoisotopic (exact) mass is 238 g/mol. The average molecular weight is 238 g/mol. The summed E-state index contributed by atoms with van der Waals surface area (Å²) < 4.78 is 19.3. The first-order valence-corrected chi connectivity index (χ1v) is 6.25. The van der Waals surface area contributed by atoms with E-state index >= 15 is 0 Å². The van der Waals surface area contributed by atoms with Gasteiger partial charge in [0, 0.05) is 18.4 Å². The molecule has 1 aliphatic heterocycles. The maximum absolute atomic E-state index is 13.7. The van der Waals surface area contributed by atoms with E-state index in [-0.39, 0.29) is 11.9 Å². The second-order valence-electron chi connectivity index (χ2n) is 4.75. The standard InChI is InChI=1S/C14H19FO2/c1-2-5-11-10-14(16,8-9-17-11)12-6-3-4-7-13(12)15/h3-4,6-7,11,16H,2,5,8-10H2,1H3. The summed E-state index contributed by atoms with van der Waals surface area (Å²) in [5.74, 6) is -0.327. The molecule has 1 heterocycles. The zero-order chi connectivity index (χ0) is 12.3. The minimum Gasteiger partial charge on any atom is -0.385 e. The van der Waals surface area contributed by atoms with Crippen molar-refractivity contribution in [2.45, 2.75) is 44.3 Å². The molecule has 0 aromatic heterocycles. The third-order valence-corrected chi connectivity index (χ3v) is 3.42. The van der Waals surface area contributed by atoms with Crippen LogP contribution in [0.5, 0.6) is 0 Å². The molecule has 1 aliphatic rings. The van der Waals surface area contributed by atoms with Gasteiger partial charge in [0.25, 0.3) is 0 Å². The van der Waals surface area contributed by atoms with Crippen LogP contribution < -0.4 is 0 Å². The van der Waals surface area contributed by atoms with Crippen molar-refractivity contribution >= 4 is 0 Å². The van der Waals surface area contributed by atoms with Gasteiger partial charge in [-0.3, -0.25) is 0 Å². The number of benzene rings is 1. The maximum Gasteiger partial charge on any atom is 0.129 e. The van der Waals surface area contributed by atoms with E-state index in [1.807, 2.05) is 0 Å². The summed E-state index contributed by atoms with van der Waals surface area (Å²) >= 11 is 0. The molecule has 1 N–H and O–H groups in total. The minimum atomic E-state index is -1.07. The Morgan fingerprint density at radius 1 is 1.47 bits per heavy atom. The molecule has 1 saturated heterocycles. The van der Waals surface area contributed by atoms with Crippen molar-refractivity contribution in [3.8, 4) is 0 Å². The summed E-state index contributed by atoms with van der Waals surface area (Å²) in [6, 6.07) is 6.48. The van der Waals surface area contributed by atoms with Gasteiger partial charge in [-0.2, -0.15) is 0 Å². The molecule has 0 radical (unpaired) electrons. The Morgan fingerprint density at radius 3 is 2.94 bits per heavy atom. The van der Waals surface area contributed by atoms with Crippen molar-refractivity contribution in [2.75, 3.05) is 6.61 Å². The van der Waals surface area contributed by atoms with Crippen molar-refractivity contribution in [2.24, 2.45) is 0 Å². The molecule has 3 heteroatoms. The topological polar surface area (TPSA) is 29.5 Å². The molecule has 2 unspecified atom stereocenters. The summed E-state index contributed by atoms with van der Waals surface area (Å²) in [5.41, 5.74) is -0.659. The van der Waals surface area contributed by atoms with E-state index in [9.17, 15) is 9.50 Å². The second kappa shape index (κ2) is 5.15. The Morgan fingerprint density at radius 2 is 2.24 bits per heavy atom. The third kappa shape index (κ3) is 2.67. The quantitative estimate of drug-likeness (QED) is 0.877. The van der Waals surface area contributed by atoms with Crippen LogP contribution in [0.1, 0.15) is 38.2 Å². The molecule has 1 fully saturated rings. The summed E-state index contributed by atoms with van der Waals surface area (Å²) in [4.78, 5) is 0. The van der Waals surface area contributed by atoms with Gasteiger partial charge in [-0.15, -0.1) is 0 Å². The van der Waals surface area contributed by atoms with Gasteiger partial charge in [-0.25, -0.2) is 4.39 Å². The number of rotatable bonds is 3. The number of hydrogen-bond acceptors (Lipinski definition) is 2. The summed E-state index contributed by atoms with van der Waals surface area (Å²) in [6.45, 7) is 2.58. The Labute approximate surface area is 101 Å². The maximum atomic E-state index is 13.7. The van der Waals surface area contributed by atoms with Crippen LogP contribution in [-0.4, -0.2) is 17.8 Å². The Kier molecular flexibility index (Phi) is 3.79. The highest BCUT2D eigenvalue weighted by molar-refractivity contribution is 5.25. The fourth-order valence-corrected chi connectivity index (χ4v) is 2.52. The van der Waals surface area contributed by atoms with E-state index in [2.05, 4.69) is 6.92 Å². The molecule has 0 saturated carbocycles. The highest BCUT2D eigenvalue weighted by atomic mass is 19.1. The molecule has 0 spiro atoms. The largest absolute Gasteiger partial charge is 0.385 e. The smallest absolute Gasteiger partial charge is 0.129 e. The van der Waals surface area contributed by atoms with E-state index in [1.165, 1.54) is 6.07 Å². The van der Waals surface area contributed by atoms with Gasteiger partial charge in [0.05, 0.1) is 18.3 Å². The highest BCUT2D eigenvalue weighted by Crippen LogP contribution is 2.36. The van der Waals surface area contributed by atoms with E-state index in [1.54, 1.807) is 18.2 Å². The molecule has 2 atom stereocenters.